The van der Waals surface area contributed by atoms with Gasteiger partial charge in [0.15, 0.2) is 0 Å². The van der Waals surface area contributed by atoms with E-state index in [0.717, 1.165) is 55.5 Å². The summed E-state index contributed by atoms with van der Waals surface area (Å²) >= 11 is 0. The normalized spacial score (nSPS) is 16.2. The molecular formula is C37H47ClN2O4. The quantitative estimate of drug-likeness (QED) is 0.219. The van der Waals surface area contributed by atoms with E-state index in [2.05, 4.69) is 59.9 Å². The number of aliphatic hydroxyl groups is 2. The van der Waals surface area contributed by atoms with Crippen LogP contribution in [0.5, 0.6) is 0 Å². The zero-order chi connectivity index (χ0) is 30.4. The molecule has 7 heteroatoms. The van der Waals surface area contributed by atoms with Gasteiger partial charge in [-0.05, 0) is 115 Å². The molecule has 2 saturated heterocycles. The van der Waals surface area contributed by atoms with Crippen molar-refractivity contribution in [1.29, 1.82) is 0 Å². The summed E-state index contributed by atoms with van der Waals surface area (Å²) in [5.41, 5.74) is 4.30. The molecule has 0 saturated carbocycles. The lowest BCUT2D eigenvalue weighted by atomic mass is 9.86. The Morgan fingerprint density at radius 1 is 0.727 bits per heavy atom. The number of nitrogens with one attached hydrogen (secondary N) is 1. The van der Waals surface area contributed by atoms with Crippen molar-refractivity contribution in [2.24, 2.45) is 0 Å². The number of carbonyl (C=O) groups excluding carboxylic acids is 1. The Balaban J connectivity index is 0.000000206. The van der Waals surface area contributed by atoms with Crippen LogP contribution in [0.15, 0.2) is 72.8 Å². The van der Waals surface area contributed by atoms with Gasteiger partial charge in [-0.2, -0.15) is 0 Å². The van der Waals surface area contributed by atoms with Gasteiger partial charge in [-0.1, -0.05) is 72.8 Å². The van der Waals surface area contributed by atoms with Gasteiger partial charge >= 0.3 is 6.09 Å². The van der Waals surface area contributed by atoms with Crippen molar-refractivity contribution >= 4 is 40.0 Å². The number of hydrogen-bond acceptors (Lipinski definition) is 5. The maximum atomic E-state index is 12.2. The van der Waals surface area contributed by atoms with Crippen LogP contribution < -0.4 is 5.32 Å². The van der Waals surface area contributed by atoms with Gasteiger partial charge in [0, 0.05) is 13.1 Å². The number of benzene rings is 4. The molecule has 0 bridgehead atoms. The molecule has 4 aromatic carbocycles. The van der Waals surface area contributed by atoms with Gasteiger partial charge in [0.1, 0.15) is 5.60 Å². The van der Waals surface area contributed by atoms with Gasteiger partial charge in [0.2, 0.25) is 0 Å². The second-order valence-electron chi connectivity index (χ2n) is 12.8. The van der Waals surface area contributed by atoms with E-state index >= 15 is 0 Å². The van der Waals surface area contributed by atoms with Crippen molar-refractivity contribution in [2.45, 2.75) is 77.1 Å². The second kappa shape index (κ2) is 15.2. The summed E-state index contributed by atoms with van der Waals surface area (Å²) in [5, 5.41) is 27.3. The summed E-state index contributed by atoms with van der Waals surface area (Å²) < 4.78 is 5.48. The van der Waals surface area contributed by atoms with E-state index in [1.54, 1.807) is 0 Å². The monoisotopic (exact) mass is 618 g/mol. The zero-order valence-corrected chi connectivity index (χ0v) is 27.0. The number of nitrogens with zero attached hydrogens (tertiary/aromatic N) is 1. The van der Waals surface area contributed by atoms with Crippen LogP contribution >= 0.6 is 12.4 Å². The lowest BCUT2D eigenvalue weighted by Gasteiger charge is -2.34. The Morgan fingerprint density at radius 3 is 1.61 bits per heavy atom. The molecule has 2 aliphatic heterocycles. The molecular weight excluding hydrogens is 572 g/mol. The lowest BCUT2D eigenvalue weighted by molar-refractivity contribution is 0.0205. The fraction of sp³-hybridized carbons (Fsp3) is 0.432. The number of fused-ring (bicyclic) bond motifs is 2. The van der Waals surface area contributed by atoms with Crippen LogP contribution in [-0.4, -0.2) is 53.0 Å². The molecule has 2 heterocycles. The zero-order valence-electron chi connectivity index (χ0n) is 26.2. The van der Waals surface area contributed by atoms with Crippen LogP contribution in [0, 0.1) is 0 Å². The van der Waals surface area contributed by atoms with E-state index in [0.29, 0.717) is 11.8 Å². The Hall–Kier alpha value is -3.16. The number of likely N-dealkylation sites (tertiary alicyclic amines) is 1. The Labute approximate surface area is 267 Å². The average molecular weight is 619 g/mol. The van der Waals surface area contributed by atoms with Crippen molar-refractivity contribution in [3.63, 3.8) is 0 Å². The topological polar surface area (TPSA) is 82.0 Å². The van der Waals surface area contributed by atoms with Crippen LogP contribution in [-0.2, 0) is 18.0 Å². The standard InChI is InChI=1S/C21H27NO3.C16H19NO.ClH/c1-21(2,3)25-20(24)22-12-10-15(11-13-22)17-7-5-8-18-16(14-23)6-4-9-19(17)18;18-11-13-3-1-6-16-14(4-2-5-15(13)16)12-7-9-17-10-8-12;/h4-9,15,23H,10-14H2,1-3H3;1-6,12,17-18H,7-11H2;1H. The van der Waals surface area contributed by atoms with Crippen LogP contribution in [0.4, 0.5) is 4.79 Å². The molecule has 2 aliphatic rings. The minimum Gasteiger partial charge on any atom is -0.444 e. The lowest BCUT2D eigenvalue weighted by Crippen LogP contribution is -2.41. The predicted octanol–water partition coefficient (Wildman–Crippen LogP) is 7.67. The molecule has 44 heavy (non-hydrogen) atoms. The summed E-state index contributed by atoms with van der Waals surface area (Å²) in [5.74, 6) is 1.08. The fourth-order valence-electron chi connectivity index (χ4n) is 6.62. The second-order valence-corrected chi connectivity index (χ2v) is 12.8. The Bertz CT molecular complexity index is 1540. The summed E-state index contributed by atoms with van der Waals surface area (Å²) in [4.78, 5) is 14.0. The first-order valence-corrected chi connectivity index (χ1v) is 15.7. The largest absolute Gasteiger partial charge is 0.444 e. The van der Waals surface area contributed by atoms with E-state index in [1.807, 2.05) is 43.9 Å². The number of amides is 1. The van der Waals surface area contributed by atoms with E-state index in [4.69, 9.17) is 4.74 Å². The molecule has 236 valence electrons. The van der Waals surface area contributed by atoms with Crippen molar-refractivity contribution in [3.8, 4) is 0 Å². The molecule has 0 atom stereocenters. The molecule has 1 amide bonds. The first-order chi connectivity index (χ1) is 20.8. The summed E-state index contributed by atoms with van der Waals surface area (Å²) in [6.45, 7) is 9.52. The maximum absolute atomic E-state index is 12.2. The van der Waals surface area contributed by atoms with Gasteiger partial charge in [-0.15, -0.1) is 12.4 Å². The average Bonchev–Trinajstić information content (AvgIpc) is 3.03. The number of carbonyl (C=O) groups is 1. The number of halogens is 1. The number of rotatable bonds is 4. The highest BCUT2D eigenvalue weighted by molar-refractivity contribution is 5.90. The number of piperidine rings is 2. The fourth-order valence-corrected chi connectivity index (χ4v) is 6.62. The van der Waals surface area contributed by atoms with Gasteiger partial charge in [0.25, 0.3) is 0 Å². The molecule has 2 fully saturated rings. The van der Waals surface area contributed by atoms with Crippen LogP contribution in [0.3, 0.4) is 0 Å². The van der Waals surface area contributed by atoms with Crippen LogP contribution in [0.25, 0.3) is 21.5 Å². The van der Waals surface area contributed by atoms with Gasteiger partial charge in [-0.25, -0.2) is 4.79 Å². The van der Waals surface area contributed by atoms with Gasteiger partial charge in [0.05, 0.1) is 13.2 Å². The summed E-state index contributed by atoms with van der Waals surface area (Å²) in [6.07, 6.45) is 4.07. The van der Waals surface area contributed by atoms with Crippen molar-refractivity contribution < 1.29 is 19.7 Å². The predicted molar refractivity (Wildman–Crippen MR) is 182 cm³/mol. The highest BCUT2D eigenvalue weighted by atomic mass is 35.5. The number of aliphatic hydroxyl groups excluding tert-OH is 2. The van der Waals surface area contributed by atoms with Gasteiger partial charge in [-0.3, -0.25) is 0 Å². The molecule has 0 radical (unpaired) electrons. The third kappa shape index (κ3) is 7.91. The molecule has 6 rings (SSSR count). The third-order valence-corrected chi connectivity index (χ3v) is 8.80. The van der Waals surface area contributed by atoms with Crippen LogP contribution in [0.1, 0.15) is 80.5 Å². The van der Waals surface area contributed by atoms with Crippen LogP contribution in [0.2, 0.25) is 0 Å². The number of hydrogen-bond donors (Lipinski definition) is 3. The molecule has 0 spiro atoms. The highest BCUT2D eigenvalue weighted by Crippen LogP contribution is 2.35. The van der Waals surface area contributed by atoms with Crippen molar-refractivity contribution in [3.05, 3.63) is 95.1 Å². The van der Waals surface area contributed by atoms with Crippen molar-refractivity contribution in [1.82, 2.24) is 10.2 Å². The smallest absolute Gasteiger partial charge is 0.410 e. The van der Waals surface area contributed by atoms with Gasteiger partial charge < -0.3 is 25.2 Å². The minimum absolute atomic E-state index is 0. The molecule has 0 unspecified atom stereocenters. The first-order valence-electron chi connectivity index (χ1n) is 15.7. The number of ether oxygens (including phenoxy) is 1. The van der Waals surface area contributed by atoms with E-state index in [9.17, 15) is 15.0 Å². The first kappa shape index (κ1) is 33.7. The van der Waals surface area contributed by atoms with E-state index in [1.165, 1.54) is 40.1 Å². The molecule has 4 aromatic rings. The Morgan fingerprint density at radius 2 is 1.16 bits per heavy atom. The molecule has 0 aliphatic carbocycles. The Kier molecular flexibility index (Phi) is 11.7. The highest BCUT2D eigenvalue weighted by Gasteiger charge is 2.28. The van der Waals surface area contributed by atoms with Crippen molar-refractivity contribution in [2.75, 3.05) is 26.2 Å². The summed E-state index contributed by atoms with van der Waals surface area (Å²) in [7, 11) is 0. The van der Waals surface area contributed by atoms with E-state index in [-0.39, 0.29) is 31.7 Å². The summed E-state index contributed by atoms with van der Waals surface area (Å²) in [6, 6.07) is 25.2. The SMILES string of the molecule is CC(C)(C)OC(=O)N1CCC(c2cccc3c(CO)cccc23)CC1.Cl.OCc1cccc2c(C3CCNCC3)cccc12. The van der Waals surface area contributed by atoms with E-state index < -0.39 is 5.60 Å². The molecule has 3 N–H and O–H groups in total. The molecule has 6 nitrogen and oxygen atoms in total. The molecule has 0 aromatic heterocycles. The minimum atomic E-state index is -0.454. The third-order valence-electron chi connectivity index (χ3n) is 8.80. The maximum Gasteiger partial charge on any atom is 0.410 e.